The Bertz CT molecular complexity index is 681. The molecule has 0 atom stereocenters. The smallest absolute Gasteiger partial charge is 0.314 e. The predicted molar refractivity (Wildman–Crippen MR) is 88.4 cm³/mol. The van der Waals surface area contributed by atoms with Crippen LogP contribution in [0.4, 0.5) is 13.6 Å². The van der Waals surface area contributed by atoms with Crippen LogP contribution >= 0.6 is 11.6 Å². The Morgan fingerprint density at radius 3 is 2.42 bits per heavy atom. The first-order valence-electron chi connectivity index (χ1n) is 7.38. The van der Waals surface area contributed by atoms with Crippen molar-refractivity contribution in [2.75, 3.05) is 19.7 Å². The average molecular weight is 355 g/mol. The van der Waals surface area contributed by atoms with Crippen molar-refractivity contribution in [2.24, 2.45) is 0 Å². The van der Waals surface area contributed by atoms with Gasteiger partial charge in [-0.25, -0.2) is 13.6 Å². The van der Waals surface area contributed by atoms with Crippen LogP contribution in [0.5, 0.6) is 5.75 Å². The number of hydrogen-bond donors (Lipinski definition) is 2. The van der Waals surface area contributed by atoms with Crippen LogP contribution in [-0.2, 0) is 6.42 Å². The predicted octanol–water partition coefficient (Wildman–Crippen LogP) is 3.54. The molecular formula is C17H17ClF2N2O2. The first-order valence-corrected chi connectivity index (χ1v) is 7.76. The molecule has 0 aromatic heterocycles. The molecule has 2 N–H and O–H groups in total. The largest absolute Gasteiger partial charge is 0.492 e. The van der Waals surface area contributed by atoms with Gasteiger partial charge in [-0.05, 0) is 36.2 Å². The number of amides is 2. The highest BCUT2D eigenvalue weighted by Crippen LogP contribution is 2.15. The maximum absolute atomic E-state index is 13.0. The fourth-order valence-corrected chi connectivity index (χ4v) is 2.06. The van der Waals surface area contributed by atoms with Gasteiger partial charge in [-0.1, -0.05) is 23.7 Å². The quantitative estimate of drug-likeness (QED) is 0.747. The van der Waals surface area contributed by atoms with Crippen LogP contribution in [0.3, 0.4) is 0 Å². The van der Waals surface area contributed by atoms with Gasteiger partial charge in [0, 0.05) is 17.6 Å². The normalized spacial score (nSPS) is 10.3. The number of carbonyl (C=O) groups excluding carboxylic acids is 1. The number of benzene rings is 2. The molecule has 2 rings (SSSR count). The summed E-state index contributed by atoms with van der Waals surface area (Å²) in [6.45, 7) is 0.874. The van der Waals surface area contributed by atoms with E-state index in [9.17, 15) is 13.6 Å². The summed E-state index contributed by atoms with van der Waals surface area (Å²) in [4.78, 5) is 11.6. The number of carbonyl (C=O) groups is 1. The average Bonchev–Trinajstić information content (AvgIpc) is 2.56. The fraction of sp³-hybridized carbons (Fsp3) is 0.235. The summed E-state index contributed by atoms with van der Waals surface area (Å²) in [5.74, 6) is -1.69. The van der Waals surface area contributed by atoms with E-state index in [2.05, 4.69) is 10.6 Å². The summed E-state index contributed by atoms with van der Waals surface area (Å²) in [6.07, 6.45) is 0.690. The van der Waals surface area contributed by atoms with Gasteiger partial charge in [0.25, 0.3) is 0 Å². The summed E-state index contributed by atoms with van der Waals surface area (Å²) in [6, 6.07) is 10.3. The van der Waals surface area contributed by atoms with Crippen molar-refractivity contribution in [3.63, 3.8) is 0 Å². The van der Waals surface area contributed by atoms with Crippen molar-refractivity contribution >= 4 is 17.6 Å². The molecule has 2 amide bonds. The van der Waals surface area contributed by atoms with E-state index in [0.717, 1.165) is 17.7 Å². The zero-order chi connectivity index (χ0) is 17.4. The Morgan fingerprint density at radius 2 is 1.71 bits per heavy atom. The van der Waals surface area contributed by atoms with E-state index >= 15 is 0 Å². The molecule has 7 heteroatoms. The molecule has 0 radical (unpaired) electrons. The lowest BCUT2D eigenvalue weighted by Gasteiger charge is -2.09. The highest BCUT2D eigenvalue weighted by molar-refractivity contribution is 6.30. The summed E-state index contributed by atoms with van der Waals surface area (Å²) in [7, 11) is 0. The summed E-state index contributed by atoms with van der Waals surface area (Å²) < 4.78 is 30.9. The number of hydrogen-bond acceptors (Lipinski definition) is 2. The van der Waals surface area contributed by atoms with Crippen LogP contribution < -0.4 is 15.4 Å². The SMILES string of the molecule is O=C(NCCOc1ccc(F)c(F)c1)NCCc1ccc(Cl)cc1. The van der Waals surface area contributed by atoms with Gasteiger partial charge in [0.05, 0.1) is 6.54 Å². The second kappa shape index (κ2) is 9.08. The van der Waals surface area contributed by atoms with Crippen molar-refractivity contribution < 1.29 is 18.3 Å². The molecular weight excluding hydrogens is 338 g/mol. The Kier molecular flexibility index (Phi) is 6.81. The van der Waals surface area contributed by atoms with Gasteiger partial charge in [-0.15, -0.1) is 0 Å². The number of urea groups is 1. The third-order valence-electron chi connectivity index (χ3n) is 3.16. The van der Waals surface area contributed by atoms with Crippen LogP contribution in [-0.4, -0.2) is 25.7 Å². The molecule has 0 aliphatic heterocycles. The van der Waals surface area contributed by atoms with E-state index in [0.29, 0.717) is 18.0 Å². The number of halogens is 3. The molecule has 0 aliphatic carbocycles. The topological polar surface area (TPSA) is 50.4 Å². The molecule has 0 saturated heterocycles. The van der Waals surface area contributed by atoms with Crippen molar-refractivity contribution in [1.82, 2.24) is 10.6 Å². The van der Waals surface area contributed by atoms with E-state index in [4.69, 9.17) is 16.3 Å². The maximum Gasteiger partial charge on any atom is 0.314 e. The van der Waals surface area contributed by atoms with E-state index in [1.165, 1.54) is 6.07 Å². The molecule has 2 aromatic rings. The minimum atomic E-state index is -0.972. The number of rotatable bonds is 7. The molecule has 0 bridgehead atoms. The van der Waals surface area contributed by atoms with Crippen molar-refractivity contribution in [2.45, 2.75) is 6.42 Å². The number of ether oxygens (including phenoxy) is 1. The van der Waals surface area contributed by atoms with Crippen LogP contribution in [0.25, 0.3) is 0 Å². The van der Waals surface area contributed by atoms with Crippen LogP contribution in [0.1, 0.15) is 5.56 Å². The third kappa shape index (κ3) is 6.04. The lowest BCUT2D eigenvalue weighted by atomic mass is 10.1. The minimum absolute atomic E-state index is 0.148. The molecule has 0 heterocycles. The minimum Gasteiger partial charge on any atom is -0.492 e. The van der Waals surface area contributed by atoms with Gasteiger partial charge >= 0.3 is 6.03 Å². The number of nitrogens with one attached hydrogen (secondary N) is 2. The van der Waals surface area contributed by atoms with Crippen molar-refractivity contribution in [3.05, 3.63) is 64.7 Å². The monoisotopic (exact) mass is 354 g/mol. The zero-order valence-corrected chi connectivity index (χ0v) is 13.6. The first-order chi connectivity index (χ1) is 11.5. The van der Waals surface area contributed by atoms with Gasteiger partial charge in [0.1, 0.15) is 12.4 Å². The van der Waals surface area contributed by atoms with Gasteiger partial charge < -0.3 is 15.4 Å². The lowest BCUT2D eigenvalue weighted by Crippen LogP contribution is -2.38. The summed E-state index contributed by atoms with van der Waals surface area (Å²) >= 11 is 5.80. The summed E-state index contributed by atoms with van der Waals surface area (Å²) in [5.41, 5.74) is 1.07. The molecule has 2 aromatic carbocycles. The van der Waals surface area contributed by atoms with Crippen LogP contribution in [0.2, 0.25) is 5.02 Å². The Morgan fingerprint density at radius 1 is 1.00 bits per heavy atom. The standard InChI is InChI=1S/C17H17ClF2N2O2/c18-13-3-1-12(2-4-13)7-8-21-17(23)22-9-10-24-14-5-6-15(19)16(20)11-14/h1-6,11H,7-10H2,(H2,21,22,23). The Hall–Kier alpha value is -2.34. The molecule has 0 spiro atoms. The van der Waals surface area contributed by atoms with Crippen molar-refractivity contribution in [3.8, 4) is 5.75 Å². The first kappa shape index (κ1) is 18.0. The molecule has 0 aliphatic rings. The van der Waals surface area contributed by atoms with Crippen LogP contribution in [0, 0.1) is 11.6 Å². The molecule has 24 heavy (non-hydrogen) atoms. The highest BCUT2D eigenvalue weighted by atomic mass is 35.5. The van der Waals surface area contributed by atoms with Crippen molar-refractivity contribution in [1.29, 1.82) is 0 Å². The van der Waals surface area contributed by atoms with Gasteiger partial charge in [-0.2, -0.15) is 0 Å². The lowest BCUT2D eigenvalue weighted by molar-refractivity contribution is 0.236. The Balaban J connectivity index is 1.59. The molecule has 128 valence electrons. The van der Waals surface area contributed by atoms with Gasteiger partial charge in [-0.3, -0.25) is 0 Å². The Labute approximate surface area is 143 Å². The second-order valence-corrected chi connectivity index (χ2v) is 5.42. The fourth-order valence-electron chi connectivity index (χ4n) is 1.93. The van der Waals surface area contributed by atoms with Gasteiger partial charge in [0.15, 0.2) is 11.6 Å². The van der Waals surface area contributed by atoms with E-state index in [1.54, 1.807) is 12.1 Å². The maximum atomic E-state index is 13.0. The second-order valence-electron chi connectivity index (χ2n) is 4.98. The third-order valence-corrected chi connectivity index (χ3v) is 3.41. The molecule has 0 fully saturated rings. The van der Waals surface area contributed by atoms with E-state index < -0.39 is 11.6 Å². The van der Waals surface area contributed by atoms with Crippen LogP contribution in [0.15, 0.2) is 42.5 Å². The molecule has 0 unspecified atom stereocenters. The summed E-state index contributed by atoms with van der Waals surface area (Å²) in [5, 5.41) is 5.99. The van der Waals surface area contributed by atoms with Gasteiger partial charge in [0.2, 0.25) is 0 Å². The zero-order valence-electron chi connectivity index (χ0n) is 12.8. The molecule has 0 saturated carbocycles. The van der Waals surface area contributed by atoms with E-state index in [1.807, 2.05) is 12.1 Å². The van der Waals surface area contributed by atoms with E-state index in [-0.39, 0.29) is 24.9 Å². The molecule has 4 nitrogen and oxygen atoms in total. The highest BCUT2D eigenvalue weighted by Gasteiger charge is 2.04.